The van der Waals surface area contributed by atoms with Gasteiger partial charge in [-0.05, 0) is 24.3 Å². The van der Waals surface area contributed by atoms with Crippen LogP contribution in [0.15, 0.2) is 36.4 Å². The molecule has 2 N–H and O–H groups in total. The second-order valence-electron chi connectivity index (χ2n) is 4.57. The molecule has 1 amide bonds. The topological polar surface area (TPSA) is 59.6 Å². The summed E-state index contributed by atoms with van der Waals surface area (Å²) in [6.45, 7) is 0.0500. The minimum absolute atomic E-state index is 0.0500. The Kier molecular flexibility index (Phi) is 5.96. The Hall–Kier alpha value is -2.11. The molecule has 122 valence electrons. The molecule has 0 unspecified atom stereocenters. The number of carbonyl (C=O) groups is 1. The molecule has 2 aromatic carbocycles. The Morgan fingerprint density at radius 1 is 1.09 bits per heavy atom. The van der Waals surface area contributed by atoms with Gasteiger partial charge < -0.3 is 20.1 Å². The zero-order valence-electron chi connectivity index (χ0n) is 12.7. The maximum absolute atomic E-state index is 12.0. The maximum Gasteiger partial charge on any atom is 0.243 e. The predicted octanol–water partition coefficient (Wildman–Crippen LogP) is 4.06. The van der Waals surface area contributed by atoms with Crippen LogP contribution in [0.2, 0.25) is 10.0 Å². The van der Waals surface area contributed by atoms with E-state index >= 15 is 0 Å². The second-order valence-corrected chi connectivity index (χ2v) is 5.36. The third kappa shape index (κ3) is 4.43. The SMILES string of the molecule is COc1ccc(NC(=O)CNc2cccc(Cl)c2Cl)cc1OC. The Morgan fingerprint density at radius 3 is 2.52 bits per heavy atom. The molecule has 0 heterocycles. The number of ether oxygens (including phenoxy) is 2. The molecule has 0 aliphatic heterocycles. The first-order valence-electron chi connectivity index (χ1n) is 6.75. The molecule has 7 heteroatoms. The molecule has 0 saturated carbocycles. The van der Waals surface area contributed by atoms with Crippen molar-refractivity contribution in [1.82, 2.24) is 0 Å². The largest absolute Gasteiger partial charge is 0.493 e. The van der Waals surface area contributed by atoms with Crippen LogP contribution in [0.4, 0.5) is 11.4 Å². The number of anilines is 2. The summed E-state index contributed by atoms with van der Waals surface area (Å²) >= 11 is 12.0. The fourth-order valence-corrected chi connectivity index (χ4v) is 2.30. The zero-order chi connectivity index (χ0) is 16.8. The van der Waals surface area contributed by atoms with Crippen LogP contribution in [0.5, 0.6) is 11.5 Å². The molecule has 5 nitrogen and oxygen atoms in total. The third-order valence-corrected chi connectivity index (χ3v) is 3.88. The Morgan fingerprint density at radius 2 is 1.83 bits per heavy atom. The standard InChI is InChI=1S/C16H16Cl2N2O3/c1-22-13-7-6-10(8-14(13)23-2)20-15(21)9-19-12-5-3-4-11(17)16(12)18/h3-8,19H,9H2,1-2H3,(H,20,21). The highest BCUT2D eigenvalue weighted by molar-refractivity contribution is 6.43. The fourth-order valence-electron chi connectivity index (χ4n) is 1.93. The average molecular weight is 355 g/mol. The van der Waals surface area contributed by atoms with E-state index in [4.69, 9.17) is 32.7 Å². The van der Waals surface area contributed by atoms with Crippen molar-refractivity contribution < 1.29 is 14.3 Å². The van der Waals surface area contributed by atoms with Crippen LogP contribution in [0, 0.1) is 0 Å². The van der Waals surface area contributed by atoms with E-state index in [-0.39, 0.29) is 12.5 Å². The minimum atomic E-state index is -0.228. The average Bonchev–Trinajstić information content (AvgIpc) is 2.56. The van der Waals surface area contributed by atoms with E-state index in [1.54, 1.807) is 43.5 Å². The smallest absolute Gasteiger partial charge is 0.243 e. The second kappa shape index (κ2) is 7.94. The lowest BCUT2D eigenvalue weighted by Crippen LogP contribution is -2.21. The fraction of sp³-hybridized carbons (Fsp3) is 0.188. The van der Waals surface area contributed by atoms with Crippen LogP contribution in [-0.2, 0) is 4.79 Å². The normalized spacial score (nSPS) is 10.1. The van der Waals surface area contributed by atoms with Crippen molar-refractivity contribution in [1.29, 1.82) is 0 Å². The van der Waals surface area contributed by atoms with E-state index in [1.165, 1.54) is 7.11 Å². The molecule has 0 aliphatic rings. The van der Waals surface area contributed by atoms with Gasteiger partial charge in [-0.15, -0.1) is 0 Å². The number of rotatable bonds is 6. The van der Waals surface area contributed by atoms with E-state index in [2.05, 4.69) is 10.6 Å². The zero-order valence-corrected chi connectivity index (χ0v) is 14.2. The van der Waals surface area contributed by atoms with Crippen LogP contribution in [-0.4, -0.2) is 26.7 Å². The Bertz CT molecular complexity index is 708. The molecular weight excluding hydrogens is 339 g/mol. The number of benzene rings is 2. The number of halogens is 2. The lowest BCUT2D eigenvalue weighted by atomic mass is 10.2. The Labute approximate surface area is 144 Å². The highest BCUT2D eigenvalue weighted by atomic mass is 35.5. The van der Waals surface area contributed by atoms with Crippen molar-refractivity contribution in [3.8, 4) is 11.5 Å². The number of hydrogen-bond donors (Lipinski definition) is 2. The van der Waals surface area contributed by atoms with E-state index in [9.17, 15) is 4.79 Å². The minimum Gasteiger partial charge on any atom is -0.493 e. The van der Waals surface area contributed by atoms with Crippen LogP contribution >= 0.6 is 23.2 Å². The molecule has 0 fully saturated rings. The third-order valence-electron chi connectivity index (χ3n) is 3.06. The maximum atomic E-state index is 12.0. The summed E-state index contributed by atoms with van der Waals surface area (Å²) < 4.78 is 10.3. The van der Waals surface area contributed by atoms with Crippen molar-refractivity contribution in [3.63, 3.8) is 0 Å². The first kappa shape index (κ1) is 17.2. The molecule has 0 atom stereocenters. The lowest BCUT2D eigenvalue weighted by Gasteiger charge is -2.12. The number of carbonyl (C=O) groups excluding carboxylic acids is 1. The summed E-state index contributed by atoms with van der Waals surface area (Å²) in [5, 5.41) is 6.51. The van der Waals surface area contributed by atoms with Crippen molar-refractivity contribution in [2.45, 2.75) is 0 Å². The van der Waals surface area contributed by atoms with Crippen molar-refractivity contribution >= 4 is 40.5 Å². The van der Waals surface area contributed by atoms with Crippen molar-refractivity contribution in [2.24, 2.45) is 0 Å². The number of methoxy groups -OCH3 is 2. The highest BCUT2D eigenvalue weighted by Crippen LogP contribution is 2.30. The lowest BCUT2D eigenvalue weighted by molar-refractivity contribution is -0.114. The number of amides is 1. The quantitative estimate of drug-likeness (QED) is 0.820. The summed E-state index contributed by atoms with van der Waals surface area (Å²) in [4.78, 5) is 12.0. The number of hydrogen-bond acceptors (Lipinski definition) is 4. The van der Waals surface area contributed by atoms with Crippen LogP contribution in [0.25, 0.3) is 0 Å². The molecular formula is C16H16Cl2N2O3. The van der Waals surface area contributed by atoms with Gasteiger partial charge in [0.15, 0.2) is 11.5 Å². The molecule has 2 rings (SSSR count). The van der Waals surface area contributed by atoms with Gasteiger partial charge >= 0.3 is 0 Å². The summed E-state index contributed by atoms with van der Waals surface area (Å²) in [5.41, 5.74) is 1.20. The monoisotopic (exact) mass is 354 g/mol. The van der Waals surface area contributed by atoms with Gasteiger partial charge in [0, 0.05) is 11.8 Å². The molecule has 2 aromatic rings. The molecule has 0 saturated heterocycles. The van der Waals surface area contributed by atoms with Crippen LogP contribution in [0.1, 0.15) is 0 Å². The van der Waals surface area contributed by atoms with Crippen molar-refractivity contribution in [2.75, 3.05) is 31.4 Å². The van der Waals surface area contributed by atoms with Crippen LogP contribution < -0.4 is 20.1 Å². The Balaban J connectivity index is 1.98. The number of nitrogens with one attached hydrogen (secondary N) is 2. The molecule has 23 heavy (non-hydrogen) atoms. The predicted molar refractivity (Wildman–Crippen MR) is 93.1 cm³/mol. The van der Waals surface area contributed by atoms with E-state index in [1.807, 2.05) is 0 Å². The van der Waals surface area contributed by atoms with Gasteiger partial charge in [0.2, 0.25) is 5.91 Å². The first-order valence-corrected chi connectivity index (χ1v) is 7.50. The van der Waals surface area contributed by atoms with Gasteiger partial charge in [-0.25, -0.2) is 0 Å². The summed E-state index contributed by atoms with van der Waals surface area (Å²) in [5.74, 6) is 0.902. The van der Waals surface area contributed by atoms with Gasteiger partial charge in [0.1, 0.15) is 0 Å². The molecule has 0 spiro atoms. The van der Waals surface area contributed by atoms with Gasteiger partial charge in [0.25, 0.3) is 0 Å². The molecule has 0 radical (unpaired) electrons. The van der Waals surface area contributed by atoms with Crippen molar-refractivity contribution in [3.05, 3.63) is 46.4 Å². The van der Waals surface area contributed by atoms with Gasteiger partial charge in [-0.2, -0.15) is 0 Å². The van der Waals surface area contributed by atoms with Crippen LogP contribution in [0.3, 0.4) is 0 Å². The molecule has 0 aliphatic carbocycles. The van der Waals surface area contributed by atoms with Gasteiger partial charge in [0.05, 0.1) is 36.5 Å². The van der Waals surface area contributed by atoms with E-state index < -0.39 is 0 Å². The summed E-state index contributed by atoms with van der Waals surface area (Å²) in [6, 6.07) is 10.3. The summed E-state index contributed by atoms with van der Waals surface area (Å²) in [7, 11) is 3.08. The first-order chi connectivity index (χ1) is 11.0. The molecule has 0 aromatic heterocycles. The van der Waals surface area contributed by atoms with Gasteiger partial charge in [-0.1, -0.05) is 29.3 Å². The summed E-state index contributed by atoms with van der Waals surface area (Å²) in [6.07, 6.45) is 0. The highest BCUT2D eigenvalue weighted by Gasteiger charge is 2.09. The molecule has 0 bridgehead atoms. The van der Waals surface area contributed by atoms with E-state index in [0.29, 0.717) is 32.9 Å². The van der Waals surface area contributed by atoms with E-state index in [0.717, 1.165) is 0 Å². The van der Waals surface area contributed by atoms with Gasteiger partial charge in [-0.3, -0.25) is 4.79 Å².